The topological polar surface area (TPSA) is 100 Å². The first kappa shape index (κ1) is 19.0. The largest absolute Gasteiger partial charge is 0.408 e. The van der Waals surface area contributed by atoms with Crippen molar-refractivity contribution in [1.82, 2.24) is 4.67 Å². The highest BCUT2D eigenvalue weighted by Gasteiger charge is 2.33. The van der Waals surface area contributed by atoms with E-state index in [1.54, 1.807) is 18.7 Å². The van der Waals surface area contributed by atoms with E-state index in [0.29, 0.717) is 32.8 Å². The summed E-state index contributed by atoms with van der Waals surface area (Å²) >= 11 is 0. The Balaban J connectivity index is 4.70. The standard InChI is InChI=1S/C11H28N3O4P/c1-11(10-16-2)18-19(15,17-3)14(8-4-6-12)9-5-7-13/h11H,4-10,12-13H2,1-3H3. The van der Waals surface area contributed by atoms with Gasteiger partial charge in [0.05, 0.1) is 12.7 Å². The van der Waals surface area contributed by atoms with E-state index in [-0.39, 0.29) is 6.10 Å². The maximum Gasteiger partial charge on any atom is 0.408 e. The highest BCUT2D eigenvalue weighted by Crippen LogP contribution is 2.52. The zero-order chi connectivity index (χ0) is 14.7. The second-order valence-corrected chi connectivity index (χ2v) is 6.34. The minimum Gasteiger partial charge on any atom is -0.382 e. The first-order valence-electron chi connectivity index (χ1n) is 6.52. The van der Waals surface area contributed by atoms with Gasteiger partial charge in [0, 0.05) is 27.3 Å². The van der Waals surface area contributed by atoms with Crippen molar-refractivity contribution in [2.75, 3.05) is 47.0 Å². The summed E-state index contributed by atoms with van der Waals surface area (Å²) in [5.41, 5.74) is 11.0. The molecule has 8 heteroatoms. The van der Waals surface area contributed by atoms with Crippen LogP contribution in [0.25, 0.3) is 0 Å². The van der Waals surface area contributed by atoms with Gasteiger partial charge in [-0.2, -0.15) is 0 Å². The van der Waals surface area contributed by atoms with Crippen LogP contribution < -0.4 is 11.5 Å². The van der Waals surface area contributed by atoms with Crippen molar-refractivity contribution in [3.05, 3.63) is 0 Å². The van der Waals surface area contributed by atoms with E-state index in [1.165, 1.54) is 7.11 Å². The fraction of sp³-hybridized carbons (Fsp3) is 1.00. The summed E-state index contributed by atoms with van der Waals surface area (Å²) in [6, 6.07) is 0. The van der Waals surface area contributed by atoms with Crippen molar-refractivity contribution >= 4 is 7.75 Å². The Labute approximate surface area is 116 Å². The van der Waals surface area contributed by atoms with Gasteiger partial charge in [-0.1, -0.05) is 0 Å². The molecule has 0 rings (SSSR count). The van der Waals surface area contributed by atoms with Gasteiger partial charge >= 0.3 is 7.75 Å². The van der Waals surface area contributed by atoms with E-state index in [4.69, 9.17) is 25.3 Å². The molecule has 19 heavy (non-hydrogen) atoms. The third-order valence-corrected chi connectivity index (χ3v) is 4.71. The van der Waals surface area contributed by atoms with Crippen LogP contribution in [0.3, 0.4) is 0 Å². The molecular formula is C11H28N3O4P. The molecule has 2 unspecified atom stereocenters. The molecule has 0 saturated heterocycles. The van der Waals surface area contributed by atoms with E-state index in [0.717, 1.165) is 12.8 Å². The molecule has 0 heterocycles. The summed E-state index contributed by atoms with van der Waals surface area (Å²) in [6.07, 6.45) is 1.13. The highest BCUT2D eigenvalue weighted by molar-refractivity contribution is 7.51. The first-order chi connectivity index (χ1) is 9.03. The minimum absolute atomic E-state index is 0.311. The van der Waals surface area contributed by atoms with Gasteiger partial charge in [-0.05, 0) is 32.9 Å². The molecule has 0 aromatic rings. The second kappa shape index (κ2) is 10.7. The summed E-state index contributed by atoms with van der Waals surface area (Å²) in [4.78, 5) is 0. The van der Waals surface area contributed by atoms with Crippen LogP contribution in [0, 0.1) is 0 Å². The smallest absolute Gasteiger partial charge is 0.382 e. The summed E-state index contributed by atoms with van der Waals surface area (Å²) in [6.45, 7) is 4.31. The number of rotatable bonds is 12. The van der Waals surface area contributed by atoms with E-state index < -0.39 is 7.75 Å². The number of ether oxygens (including phenoxy) is 1. The fourth-order valence-electron chi connectivity index (χ4n) is 1.62. The van der Waals surface area contributed by atoms with E-state index >= 15 is 0 Å². The van der Waals surface area contributed by atoms with Crippen molar-refractivity contribution in [3.8, 4) is 0 Å². The Morgan fingerprint density at radius 3 is 2.05 bits per heavy atom. The van der Waals surface area contributed by atoms with Gasteiger partial charge in [0.1, 0.15) is 0 Å². The number of nitrogens with two attached hydrogens (primary N) is 2. The Kier molecular flexibility index (Phi) is 10.7. The SMILES string of the molecule is COCC(C)OP(=O)(OC)N(CCCN)CCCN. The van der Waals surface area contributed by atoms with E-state index in [2.05, 4.69) is 0 Å². The predicted molar refractivity (Wildman–Crippen MR) is 76.0 cm³/mol. The molecule has 0 spiro atoms. The normalized spacial score (nSPS) is 16.5. The Hall–Kier alpha value is -0.0100. The van der Waals surface area contributed by atoms with Gasteiger partial charge < -0.3 is 16.2 Å². The lowest BCUT2D eigenvalue weighted by Gasteiger charge is -2.30. The van der Waals surface area contributed by atoms with E-state index in [1.807, 2.05) is 0 Å². The minimum atomic E-state index is -3.31. The Bertz CT molecular complexity index is 260. The molecule has 0 aliphatic heterocycles. The molecule has 0 aromatic carbocycles. The molecule has 4 N–H and O–H groups in total. The van der Waals surface area contributed by atoms with Gasteiger partial charge in [0.15, 0.2) is 0 Å². The van der Waals surface area contributed by atoms with Crippen LogP contribution in [0.15, 0.2) is 0 Å². The molecule has 0 aliphatic carbocycles. The third-order valence-electron chi connectivity index (χ3n) is 2.53. The quantitative estimate of drug-likeness (QED) is 0.514. The van der Waals surface area contributed by atoms with Crippen molar-refractivity contribution in [3.63, 3.8) is 0 Å². The van der Waals surface area contributed by atoms with E-state index in [9.17, 15) is 4.57 Å². The molecule has 0 bridgehead atoms. The third kappa shape index (κ3) is 7.37. The molecule has 0 fully saturated rings. The van der Waals surface area contributed by atoms with Crippen LogP contribution in [0.2, 0.25) is 0 Å². The number of hydrogen-bond donors (Lipinski definition) is 2. The lowest BCUT2D eigenvalue weighted by atomic mass is 10.4. The van der Waals surface area contributed by atoms with Crippen molar-refractivity contribution in [1.29, 1.82) is 0 Å². The zero-order valence-electron chi connectivity index (χ0n) is 12.2. The number of nitrogens with zero attached hydrogens (tertiary/aromatic N) is 1. The van der Waals surface area contributed by atoms with Crippen LogP contribution in [0.4, 0.5) is 0 Å². The Morgan fingerprint density at radius 1 is 1.16 bits per heavy atom. The molecule has 2 atom stereocenters. The van der Waals surface area contributed by atoms with Crippen LogP contribution >= 0.6 is 7.75 Å². The monoisotopic (exact) mass is 297 g/mol. The lowest BCUT2D eigenvalue weighted by molar-refractivity contribution is 0.0653. The molecule has 116 valence electrons. The van der Waals surface area contributed by atoms with Crippen molar-refractivity contribution < 1.29 is 18.3 Å². The van der Waals surface area contributed by atoms with Gasteiger partial charge in [-0.3, -0.25) is 9.05 Å². The lowest BCUT2D eigenvalue weighted by Crippen LogP contribution is -2.30. The molecule has 0 saturated carbocycles. The number of hydrogen-bond acceptors (Lipinski definition) is 6. The predicted octanol–water partition coefficient (Wildman–Crippen LogP) is 0.792. The highest BCUT2D eigenvalue weighted by atomic mass is 31.2. The molecule has 0 aromatic heterocycles. The zero-order valence-corrected chi connectivity index (χ0v) is 13.1. The maximum absolute atomic E-state index is 12.7. The first-order valence-corrected chi connectivity index (χ1v) is 8.02. The van der Waals surface area contributed by atoms with Gasteiger partial charge in [-0.25, -0.2) is 9.24 Å². The molecular weight excluding hydrogens is 269 g/mol. The summed E-state index contributed by atoms with van der Waals surface area (Å²) in [5, 5.41) is 0. The van der Waals surface area contributed by atoms with Crippen LogP contribution in [-0.2, 0) is 18.3 Å². The average molecular weight is 297 g/mol. The van der Waals surface area contributed by atoms with Gasteiger partial charge in [0.2, 0.25) is 0 Å². The van der Waals surface area contributed by atoms with Gasteiger partial charge in [-0.15, -0.1) is 0 Å². The summed E-state index contributed by atoms with van der Waals surface area (Å²) in [7, 11) is -0.359. The van der Waals surface area contributed by atoms with Gasteiger partial charge in [0.25, 0.3) is 0 Å². The average Bonchev–Trinajstić information content (AvgIpc) is 2.38. The fourth-order valence-corrected chi connectivity index (χ4v) is 3.36. The van der Waals surface area contributed by atoms with Crippen LogP contribution in [0.5, 0.6) is 0 Å². The molecule has 7 nitrogen and oxygen atoms in total. The second-order valence-electron chi connectivity index (χ2n) is 4.26. The molecule has 0 radical (unpaired) electrons. The Morgan fingerprint density at radius 2 is 1.68 bits per heavy atom. The summed E-state index contributed by atoms with van der Waals surface area (Å²) < 4.78 is 30.1. The van der Waals surface area contributed by atoms with Crippen molar-refractivity contribution in [2.24, 2.45) is 11.5 Å². The van der Waals surface area contributed by atoms with Crippen LogP contribution in [-0.4, -0.2) is 57.8 Å². The maximum atomic E-state index is 12.7. The molecule has 0 aliphatic rings. The van der Waals surface area contributed by atoms with Crippen molar-refractivity contribution in [2.45, 2.75) is 25.9 Å². The van der Waals surface area contributed by atoms with Crippen LogP contribution in [0.1, 0.15) is 19.8 Å². The molecule has 0 amide bonds. The summed E-state index contributed by atoms with van der Waals surface area (Å²) in [5.74, 6) is 0. The number of methoxy groups -OCH3 is 1.